The molecule has 120 valence electrons. The molecule has 0 aromatic heterocycles. The number of ether oxygens (including phenoxy) is 1. The van der Waals surface area contributed by atoms with E-state index in [1.807, 2.05) is 30.3 Å². The largest absolute Gasteiger partial charge is 0.490 e. The molecule has 0 saturated heterocycles. The quantitative estimate of drug-likeness (QED) is 0.738. The molecule has 2 aromatic rings. The molecule has 0 heterocycles. The van der Waals surface area contributed by atoms with E-state index in [1.165, 1.54) is 7.05 Å². The van der Waals surface area contributed by atoms with Crippen molar-refractivity contribution in [3.63, 3.8) is 0 Å². The highest BCUT2D eigenvalue weighted by atomic mass is 79.9. The Balaban J connectivity index is 2.04. The molecule has 0 saturated carbocycles. The van der Waals surface area contributed by atoms with Crippen molar-refractivity contribution in [2.24, 2.45) is 0 Å². The Morgan fingerprint density at radius 2 is 1.95 bits per heavy atom. The van der Waals surface area contributed by atoms with E-state index < -0.39 is 16.4 Å². The third kappa shape index (κ3) is 4.17. The van der Waals surface area contributed by atoms with Crippen LogP contribution in [0.2, 0.25) is 0 Å². The van der Waals surface area contributed by atoms with E-state index in [4.69, 9.17) is 9.29 Å². The average molecular weight is 390 g/mol. The summed E-state index contributed by atoms with van der Waals surface area (Å²) in [6.45, 7) is -0.360. The zero-order valence-corrected chi connectivity index (χ0v) is 14.2. The Morgan fingerprint density at radius 1 is 1.27 bits per heavy atom. The monoisotopic (exact) mass is 389 g/mol. The Kier molecular flexibility index (Phi) is 5.41. The number of fused-ring (bicyclic) bond motifs is 1. The molecule has 22 heavy (non-hydrogen) atoms. The molecule has 0 aliphatic rings. The number of aliphatic hydroxyl groups excluding tert-OH is 1. The summed E-state index contributed by atoms with van der Waals surface area (Å²) in [4.78, 5) is 0. The molecule has 0 amide bonds. The number of benzene rings is 2. The molecule has 0 unspecified atom stereocenters. The van der Waals surface area contributed by atoms with Crippen LogP contribution < -0.4 is 4.74 Å². The van der Waals surface area contributed by atoms with Gasteiger partial charge in [0, 0.05) is 13.6 Å². The van der Waals surface area contributed by atoms with Crippen LogP contribution in [0.15, 0.2) is 40.9 Å². The predicted octanol–water partition coefficient (Wildman–Crippen LogP) is 2.08. The van der Waals surface area contributed by atoms with Crippen LogP contribution in [-0.2, 0) is 10.3 Å². The summed E-state index contributed by atoms with van der Waals surface area (Å²) < 4.78 is 37.5. The van der Waals surface area contributed by atoms with Gasteiger partial charge in [0.05, 0.1) is 4.47 Å². The average Bonchev–Trinajstić information content (AvgIpc) is 2.46. The van der Waals surface area contributed by atoms with Gasteiger partial charge in [0.1, 0.15) is 18.5 Å². The Morgan fingerprint density at radius 3 is 2.64 bits per heavy atom. The van der Waals surface area contributed by atoms with Crippen LogP contribution in [0.5, 0.6) is 5.75 Å². The van der Waals surface area contributed by atoms with E-state index in [9.17, 15) is 13.5 Å². The smallest absolute Gasteiger partial charge is 0.335 e. The number of nitrogens with zero attached hydrogens (tertiary/aromatic N) is 1. The fourth-order valence-electron chi connectivity index (χ4n) is 1.95. The molecule has 0 aliphatic heterocycles. The van der Waals surface area contributed by atoms with Crippen molar-refractivity contribution < 1.29 is 22.8 Å². The molecule has 8 heteroatoms. The van der Waals surface area contributed by atoms with Gasteiger partial charge in [-0.05, 0) is 32.8 Å². The molecule has 0 aliphatic carbocycles. The number of halogens is 1. The zero-order chi connectivity index (χ0) is 16.3. The predicted molar refractivity (Wildman–Crippen MR) is 87.3 cm³/mol. The van der Waals surface area contributed by atoms with Crippen LogP contribution in [0.25, 0.3) is 10.8 Å². The molecule has 1 atom stereocenters. The van der Waals surface area contributed by atoms with Crippen LogP contribution in [0, 0.1) is 0 Å². The molecular weight excluding hydrogens is 374 g/mol. The summed E-state index contributed by atoms with van der Waals surface area (Å²) in [5, 5.41) is 11.8. The summed E-state index contributed by atoms with van der Waals surface area (Å²) in [5.74, 6) is 0.548. The molecule has 6 nitrogen and oxygen atoms in total. The van der Waals surface area contributed by atoms with Crippen LogP contribution in [-0.4, -0.2) is 48.7 Å². The lowest BCUT2D eigenvalue weighted by atomic mass is 10.1. The lowest BCUT2D eigenvalue weighted by molar-refractivity contribution is 0.0915. The molecule has 0 fully saturated rings. The number of aliphatic hydroxyl groups is 1. The Labute approximate surface area is 137 Å². The second-order valence-electron chi connectivity index (χ2n) is 4.82. The van der Waals surface area contributed by atoms with E-state index in [1.54, 1.807) is 6.07 Å². The highest BCUT2D eigenvalue weighted by Crippen LogP contribution is 2.33. The fraction of sp³-hybridized carbons (Fsp3) is 0.286. The van der Waals surface area contributed by atoms with Crippen LogP contribution in [0.3, 0.4) is 0 Å². The minimum Gasteiger partial charge on any atom is -0.490 e. The van der Waals surface area contributed by atoms with Gasteiger partial charge >= 0.3 is 10.3 Å². The van der Waals surface area contributed by atoms with Crippen molar-refractivity contribution in [3.05, 3.63) is 40.9 Å². The van der Waals surface area contributed by atoms with Crippen molar-refractivity contribution >= 4 is 37.0 Å². The number of hydrogen-bond acceptors (Lipinski definition) is 4. The summed E-state index contributed by atoms with van der Waals surface area (Å²) in [6, 6.07) is 11.4. The minimum absolute atomic E-state index is 0.100. The Bertz CT molecular complexity index is 765. The lowest BCUT2D eigenvalue weighted by Crippen LogP contribution is -2.36. The van der Waals surface area contributed by atoms with Gasteiger partial charge in [-0.15, -0.1) is 0 Å². The third-order valence-electron chi connectivity index (χ3n) is 3.12. The molecule has 2 rings (SSSR count). The van der Waals surface area contributed by atoms with Gasteiger partial charge in [0.25, 0.3) is 0 Å². The lowest BCUT2D eigenvalue weighted by Gasteiger charge is -2.18. The molecular formula is C14H16BrNO5S. The van der Waals surface area contributed by atoms with Crippen molar-refractivity contribution in [2.45, 2.75) is 6.10 Å². The van der Waals surface area contributed by atoms with Crippen LogP contribution in [0.4, 0.5) is 0 Å². The number of likely N-dealkylation sites (N-methyl/N-ethyl adjacent to an activating group) is 1. The summed E-state index contributed by atoms with van der Waals surface area (Å²) in [6.07, 6.45) is -1.06. The summed E-state index contributed by atoms with van der Waals surface area (Å²) in [5.41, 5.74) is 0. The summed E-state index contributed by atoms with van der Waals surface area (Å²) in [7, 11) is -3.14. The Hall–Kier alpha value is -1.19. The minimum atomic E-state index is -4.31. The van der Waals surface area contributed by atoms with E-state index in [2.05, 4.69) is 15.9 Å². The van der Waals surface area contributed by atoms with Gasteiger partial charge in [0.15, 0.2) is 0 Å². The highest BCUT2D eigenvalue weighted by Gasteiger charge is 2.18. The first-order valence-corrected chi connectivity index (χ1v) is 8.65. The first kappa shape index (κ1) is 17.2. The SMILES string of the molecule is CN(C[C@H](O)COc1ccc2ccccc2c1Br)S(=O)(=O)O. The van der Waals surface area contributed by atoms with Gasteiger partial charge in [0.2, 0.25) is 0 Å². The molecule has 2 aromatic carbocycles. The molecule has 0 radical (unpaired) electrons. The highest BCUT2D eigenvalue weighted by molar-refractivity contribution is 9.10. The van der Waals surface area contributed by atoms with Gasteiger partial charge in [-0.1, -0.05) is 30.3 Å². The molecule has 0 bridgehead atoms. The van der Waals surface area contributed by atoms with Crippen molar-refractivity contribution in [1.29, 1.82) is 0 Å². The van der Waals surface area contributed by atoms with E-state index >= 15 is 0 Å². The second kappa shape index (κ2) is 6.93. The van der Waals surface area contributed by atoms with Gasteiger partial charge in [-0.3, -0.25) is 4.55 Å². The third-order valence-corrected chi connectivity index (χ3v) is 4.88. The topological polar surface area (TPSA) is 87.1 Å². The maximum Gasteiger partial charge on any atom is 0.335 e. The number of hydrogen-bond donors (Lipinski definition) is 2. The van der Waals surface area contributed by atoms with Gasteiger partial charge in [-0.25, -0.2) is 0 Å². The van der Waals surface area contributed by atoms with Crippen molar-refractivity contribution in [1.82, 2.24) is 4.31 Å². The maximum absolute atomic E-state index is 10.9. The van der Waals surface area contributed by atoms with Gasteiger partial charge < -0.3 is 9.84 Å². The van der Waals surface area contributed by atoms with Gasteiger partial charge in [-0.2, -0.15) is 12.7 Å². The maximum atomic E-state index is 10.9. The standard InChI is InChI=1S/C14H16BrNO5S/c1-16(22(18,19)20)8-11(17)9-21-13-7-6-10-4-2-3-5-12(10)14(13)15/h2-7,11,17H,8-9H2,1H3,(H,18,19,20)/t11-/m0/s1. The molecule has 2 N–H and O–H groups in total. The zero-order valence-electron chi connectivity index (χ0n) is 11.8. The normalized spacial score (nSPS) is 13.5. The fourth-order valence-corrected chi connectivity index (χ4v) is 2.92. The van der Waals surface area contributed by atoms with Crippen LogP contribution in [0.1, 0.15) is 0 Å². The van der Waals surface area contributed by atoms with E-state index in [0.29, 0.717) is 10.1 Å². The second-order valence-corrected chi connectivity index (χ2v) is 7.13. The van der Waals surface area contributed by atoms with Crippen molar-refractivity contribution in [2.75, 3.05) is 20.2 Å². The number of rotatable bonds is 6. The first-order valence-electron chi connectivity index (χ1n) is 6.46. The molecule has 0 spiro atoms. The first-order chi connectivity index (χ1) is 10.3. The van der Waals surface area contributed by atoms with Crippen LogP contribution >= 0.6 is 15.9 Å². The van der Waals surface area contributed by atoms with E-state index in [0.717, 1.165) is 15.2 Å². The van der Waals surface area contributed by atoms with Crippen molar-refractivity contribution in [3.8, 4) is 5.75 Å². The van der Waals surface area contributed by atoms with E-state index in [-0.39, 0.29) is 13.2 Å². The summed E-state index contributed by atoms with van der Waals surface area (Å²) >= 11 is 3.46.